The van der Waals surface area contributed by atoms with E-state index in [0.717, 1.165) is 0 Å². The smallest absolute Gasteiger partial charge is 0.328 e. The van der Waals surface area contributed by atoms with E-state index in [4.69, 9.17) is 0 Å². The van der Waals surface area contributed by atoms with Gasteiger partial charge in [0.15, 0.2) is 0 Å². The van der Waals surface area contributed by atoms with Crippen LogP contribution in [0.15, 0.2) is 57.9 Å². The van der Waals surface area contributed by atoms with Crippen molar-refractivity contribution in [3.63, 3.8) is 0 Å². The predicted molar refractivity (Wildman–Crippen MR) is 96.8 cm³/mol. The largest absolute Gasteiger partial charge is 0.387 e. The number of nitrogens with one attached hydrogen (secondary N) is 3. The molecule has 0 saturated carbocycles. The highest BCUT2D eigenvalue weighted by molar-refractivity contribution is 5.97. The molecule has 1 heterocycles. The average molecular weight is 334 g/mol. The number of hydrogen-bond acceptors (Lipinski definition) is 4. The van der Waals surface area contributed by atoms with E-state index >= 15 is 0 Å². The summed E-state index contributed by atoms with van der Waals surface area (Å²) in [4.78, 5) is 36.7. The summed E-state index contributed by atoms with van der Waals surface area (Å²) in [5.74, 6) is -0.296. The van der Waals surface area contributed by atoms with Gasteiger partial charge in [0.2, 0.25) is 0 Å². The third-order valence-corrected chi connectivity index (χ3v) is 2.88. The van der Waals surface area contributed by atoms with E-state index in [9.17, 15) is 14.4 Å². The van der Waals surface area contributed by atoms with Crippen LogP contribution in [0.25, 0.3) is 0 Å². The van der Waals surface area contributed by atoms with E-state index in [1.807, 2.05) is 26.8 Å². The molecule has 0 aliphatic heterocycles. The van der Waals surface area contributed by atoms with E-state index in [2.05, 4.69) is 22.2 Å². The maximum absolute atomic E-state index is 12.1. The molecule has 3 N–H and O–H groups in total. The molecular weight excluding hydrogens is 308 g/mol. The van der Waals surface area contributed by atoms with Gasteiger partial charge in [-0.15, -0.1) is 0 Å². The van der Waals surface area contributed by atoms with Crippen molar-refractivity contribution >= 4 is 5.91 Å². The normalized spacial score (nSPS) is 11.2. The molecular formula is C17H26N4O3. The Kier molecular flexibility index (Phi) is 10.3. The Morgan fingerprint density at radius 2 is 2.04 bits per heavy atom. The summed E-state index contributed by atoms with van der Waals surface area (Å²) in [5.41, 5.74) is 0.101. The minimum atomic E-state index is -0.508. The van der Waals surface area contributed by atoms with Crippen LogP contribution in [0.1, 0.15) is 20.8 Å². The molecule has 0 spiro atoms. The van der Waals surface area contributed by atoms with Crippen molar-refractivity contribution in [3.05, 3.63) is 69.2 Å². The monoisotopic (exact) mass is 334 g/mol. The van der Waals surface area contributed by atoms with Crippen LogP contribution >= 0.6 is 0 Å². The van der Waals surface area contributed by atoms with Crippen LogP contribution < -0.4 is 21.9 Å². The summed E-state index contributed by atoms with van der Waals surface area (Å²) in [6.45, 7) is 9.98. The third-order valence-electron chi connectivity index (χ3n) is 2.88. The van der Waals surface area contributed by atoms with E-state index in [1.165, 1.54) is 22.9 Å². The number of nitrogens with zero attached hydrogens (tertiary/aromatic N) is 1. The number of likely N-dealkylation sites (N-methyl/N-ethyl adjacent to an activating group) is 1. The summed E-state index contributed by atoms with van der Waals surface area (Å²) in [5, 5.41) is 5.63. The Morgan fingerprint density at radius 1 is 1.38 bits per heavy atom. The first kappa shape index (κ1) is 21.2. The average Bonchev–Trinajstić information content (AvgIpc) is 2.58. The van der Waals surface area contributed by atoms with Crippen molar-refractivity contribution < 1.29 is 4.79 Å². The maximum atomic E-state index is 12.1. The summed E-state index contributed by atoms with van der Waals surface area (Å²) < 4.78 is 1.31. The lowest BCUT2D eigenvalue weighted by molar-refractivity contribution is -0.117. The number of carbonyl (C=O) groups excluding carboxylic acids is 1. The molecule has 1 rings (SSSR count). The second kappa shape index (κ2) is 11.7. The summed E-state index contributed by atoms with van der Waals surface area (Å²) >= 11 is 0. The summed E-state index contributed by atoms with van der Waals surface area (Å²) in [6, 6.07) is 1.25. The number of aromatic amines is 1. The van der Waals surface area contributed by atoms with Crippen molar-refractivity contribution in [3.8, 4) is 0 Å². The Labute approximate surface area is 141 Å². The fourth-order valence-electron chi connectivity index (χ4n) is 1.80. The number of amides is 1. The van der Waals surface area contributed by atoms with Crippen molar-refractivity contribution in [2.75, 3.05) is 13.6 Å². The molecule has 1 aromatic heterocycles. The Morgan fingerprint density at radius 3 is 2.54 bits per heavy atom. The number of allylic oxidation sites excluding steroid dienone is 2. The molecule has 0 radical (unpaired) electrons. The van der Waals surface area contributed by atoms with Gasteiger partial charge in [0.25, 0.3) is 11.5 Å². The zero-order valence-electron chi connectivity index (χ0n) is 14.7. The first-order chi connectivity index (χ1) is 11.5. The van der Waals surface area contributed by atoms with Crippen LogP contribution in [-0.4, -0.2) is 29.1 Å². The molecule has 0 aliphatic carbocycles. The Bertz CT molecular complexity index is 711. The van der Waals surface area contributed by atoms with Gasteiger partial charge in [0, 0.05) is 38.1 Å². The van der Waals surface area contributed by atoms with Gasteiger partial charge in [-0.2, -0.15) is 0 Å². The van der Waals surface area contributed by atoms with Crippen molar-refractivity contribution in [1.82, 2.24) is 20.2 Å². The molecule has 0 fully saturated rings. The van der Waals surface area contributed by atoms with Crippen LogP contribution in [0.3, 0.4) is 0 Å². The number of aromatic nitrogens is 2. The van der Waals surface area contributed by atoms with Gasteiger partial charge >= 0.3 is 5.69 Å². The van der Waals surface area contributed by atoms with Crippen LogP contribution in [0.5, 0.6) is 0 Å². The fraction of sp³-hybridized carbons (Fsp3) is 0.353. The highest BCUT2D eigenvalue weighted by Crippen LogP contribution is 2.04. The number of carbonyl (C=O) groups is 1. The first-order valence-corrected chi connectivity index (χ1v) is 7.78. The van der Waals surface area contributed by atoms with Crippen LogP contribution in [-0.2, 0) is 11.3 Å². The molecule has 1 amide bonds. The van der Waals surface area contributed by atoms with Gasteiger partial charge in [0.1, 0.15) is 0 Å². The van der Waals surface area contributed by atoms with E-state index < -0.39 is 11.2 Å². The molecule has 0 aliphatic rings. The Balaban J connectivity index is 0.00000254. The highest BCUT2D eigenvalue weighted by atomic mass is 16.2. The zero-order chi connectivity index (χ0) is 18.5. The zero-order valence-corrected chi connectivity index (χ0v) is 14.7. The van der Waals surface area contributed by atoms with Crippen molar-refractivity contribution in [1.29, 1.82) is 0 Å². The van der Waals surface area contributed by atoms with Gasteiger partial charge in [-0.3, -0.25) is 19.1 Å². The topological polar surface area (TPSA) is 96.0 Å². The molecule has 0 atom stereocenters. The SMILES string of the molecule is C=C/C(C(=O)NCCn1ccc(=O)[nH]c1=O)=C(\C=C/C)NC.CC. The lowest BCUT2D eigenvalue weighted by atomic mass is 10.1. The summed E-state index contributed by atoms with van der Waals surface area (Å²) in [6.07, 6.45) is 6.43. The highest BCUT2D eigenvalue weighted by Gasteiger charge is 2.09. The van der Waals surface area contributed by atoms with Gasteiger partial charge < -0.3 is 10.6 Å². The van der Waals surface area contributed by atoms with Crippen LogP contribution in [0, 0.1) is 0 Å². The molecule has 7 nitrogen and oxygen atoms in total. The molecule has 7 heteroatoms. The first-order valence-electron chi connectivity index (χ1n) is 7.78. The molecule has 132 valence electrons. The number of rotatable bonds is 7. The lowest BCUT2D eigenvalue weighted by Crippen LogP contribution is -2.34. The van der Waals surface area contributed by atoms with Gasteiger partial charge in [-0.25, -0.2) is 4.79 Å². The van der Waals surface area contributed by atoms with E-state index in [1.54, 1.807) is 13.1 Å². The predicted octanol–water partition coefficient (Wildman–Crippen LogP) is 0.915. The van der Waals surface area contributed by atoms with Crippen molar-refractivity contribution in [2.24, 2.45) is 0 Å². The van der Waals surface area contributed by atoms with Gasteiger partial charge in [-0.05, 0) is 13.0 Å². The molecule has 0 unspecified atom stereocenters. The maximum Gasteiger partial charge on any atom is 0.328 e. The van der Waals surface area contributed by atoms with E-state index in [0.29, 0.717) is 11.3 Å². The standard InChI is InChI=1S/C15H20N4O3.C2H6/c1-4-6-12(16-3)11(5-2)14(21)17-8-10-19-9-7-13(20)18-15(19)22;1-2/h4-7,9,16H,2,8,10H2,1,3H3,(H,17,21)(H,18,20,22);1-2H3/b6-4-,12-11-;. The third kappa shape index (κ3) is 6.51. The number of H-pyrrole nitrogens is 1. The second-order valence-corrected chi connectivity index (χ2v) is 4.34. The van der Waals surface area contributed by atoms with Gasteiger partial charge in [-0.1, -0.05) is 32.6 Å². The lowest BCUT2D eigenvalue weighted by Gasteiger charge is -2.10. The van der Waals surface area contributed by atoms with Crippen LogP contribution in [0.4, 0.5) is 0 Å². The van der Waals surface area contributed by atoms with E-state index in [-0.39, 0.29) is 19.0 Å². The number of hydrogen-bond donors (Lipinski definition) is 3. The fourth-order valence-corrected chi connectivity index (χ4v) is 1.80. The molecule has 0 aromatic carbocycles. The minimum absolute atomic E-state index is 0.245. The molecule has 0 saturated heterocycles. The molecule has 24 heavy (non-hydrogen) atoms. The second-order valence-electron chi connectivity index (χ2n) is 4.34. The van der Waals surface area contributed by atoms with Gasteiger partial charge in [0.05, 0.1) is 5.57 Å². The summed E-state index contributed by atoms with van der Waals surface area (Å²) in [7, 11) is 1.71. The van der Waals surface area contributed by atoms with Crippen LogP contribution in [0.2, 0.25) is 0 Å². The van der Waals surface area contributed by atoms with Crippen molar-refractivity contribution in [2.45, 2.75) is 27.3 Å². The minimum Gasteiger partial charge on any atom is -0.387 e. The molecule has 1 aromatic rings. The quantitative estimate of drug-likeness (QED) is 0.510. The molecule has 0 bridgehead atoms. The Hall–Kier alpha value is -2.83.